The number of hydrogen-bond donors (Lipinski definition) is 4. The van der Waals surface area contributed by atoms with Crippen LogP contribution < -0.4 is 16.4 Å². The summed E-state index contributed by atoms with van der Waals surface area (Å²) in [5.41, 5.74) is 9.51. The SMILES string of the molecule is CNc1ccc(C)c(C#CC(=N)c2c(N)ncnc2NC2CCC2)c1. The summed E-state index contributed by atoms with van der Waals surface area (Å²) in [5.74, 6) is 6.84. The van der Waals surface area contributed by atoms with Crippen LogP contribution in [0, 0.1) is 24.2 Å². The molecule has 0 atom stereocenters. The topological polar surface area (TPSA) is 99.7 Å². The van der Waals surface area contributed by atoms with Gasteiger partial charge >= 0.3 is 0 Å². The first-order chi connectivity index (χ1) is 12.1. The summed E-state index contributed by atoms with van der Waals surface area (Å²) in [6.07, 6.45) is 4.85. The lowest BCUT2D eigenvalue weighted by Crippen LogP contribution is -2.28. The fourth-order valence-corrected chi connectivity index (χ4v) is 2.61. The normalized spacial score (nSPS) is 13.4. The molecule has 0 radical (unpaired) electrons. The minimum Gasteiger partial charge on any atom is -0.388 e. The smallest absolute Gasteiger partial charge is 0.141 e. The Balaban J connectivity index is 1.89. The summed E-state index contributed by atoms with van der Waals surface area (Å²) in [6.45, 7) is 2.00. The van der Waals surface area contributed by atoms with E-state index in [2.05, 4.69) is 32.4 Å². The van der Waals surface area contributed by atoms with Crippen molar-refractivity contribution in [3.63, 3.8) is 0 Å². The van der Waals surface area contributed by atoms with E-state index in [0.29, 0.717) is 17.4 Å². The first kappa shape index (κ1) is 16.8. The zero-order valence-electron chi connectivity index (χ0n) is 14.5. The average Bonchev–Trinajstić information content (AvgIpc) is 2.57. The number of hydrogen-bond acceptors (Lipinski definition) is 6. The Morgan fingerprint density at radius 3 is 2.80 bits per heavy atom. The zero-order chi connectivity index (χ0) is 17.8. The van der Waals surface area contributed by atoms with Gasteiger partial charge in [0.2, 0.25) is 0 Å². The number of nitrogens with zero attached hydrogens (tertiary/aromatic N) is 2. The van der Waals surface area contributed by atoms with E-state index in [0.717, 1.165) is 29.7 Å². The van der Waals surface area contributed by atoms with Gasteiger partial charge in [-0.05, 0) is 49.8 Å². The summed E-state index contributed by atoms with van der Waals surface area (Å²) < 4.78 is 0. The van der Waals surface area contributed by atoms with E-state index >= 15 is 0 Å². The molecule has 128 valence electrons. The number of nitrogens with one attached hydrogen (secondary N) is 3. The second-order valence-corrected chi connectivity index (χ2v) is 6.16. The highest BCUT2D eigenvalue weighted by molar-refractivity contribution is 6.16. The van der Waals surface area contributed by atoms with Crippen molar-refractivity contribution in [2.75, 3.05) is 23.4 Å². The quantitative estimate of drug-likeness (QED) is 0.509. The third-order valence-corrected chi connectivity index (χ3v) is 4.42. The summed E-state index contributed by atoms with van der Waals surface area (Å²) >= 11 is 0. The standard InChI is InChI=1S/C19H22N6/c1-12-6-8-15(22-2)10-13(12)7-9-16(20)17-18(21)23-11-24-19(17)25-14-4-3-5-14/h6,8,10-11,14,20,22H,3-5H2,1-2H3,(H3,21,23,24,25). The highest BCUT2D eigenvalue weighted by atomic mass is 15.1. The molecule has 0 spiro atoms. The number of aryl methyl sites for hydroxylation is 1. The number of anilines is 3. The number of nitrogens with two attached hydrogens (primary N) is 1. The van der Waals surface area contributed by atoms with Gasteiger partial charge < -0.3 is 16.4 Å². The second kappa shape index (κ2) is 7.22. The Morgan fingerprint density at radius 1 is 1.32 bits per heavy atom. The van der Waals surface area contributed by atoms with Crippen LogP contribution in [0.15, 0.2) is 24.5 Å². The minimum absolute atomic E-state index is 0.120. The zero-order valence-corrected chi connectivity index (χ0v) is 14.5. The van der Waals surface area contributed by atoms with Gasteiger partial charge in [-0.1, -0.05) is 12.0 Å². The molecule has 0 unspecified atom stereocenters. The second-order valence-electron chi connectivity index (χ2n) is 6.16. The van der Waals surface area contributed by atoms with Gasteiger partial charge in [0.05, 0.1) is 5.56 Å². The van der Waals surface area contributed by atoms with Crippen molar-refractivity contribution in [1.82, 2.24) is 9.97 Å². The molecule has 1 aliphatic rings. The van der Waals surface area contributed by atoms with Gasteiger partial charge in [0.1, 0.15) is 23.7 Å². The van der Waals surface area contributed by atoms with Crippen LogP contribution in [0.2, 0.25) is 0 Å². The van der Waals surface area contributed by atoms with Crippen molar-refractivity contribution in [1.29, 1.82) is 5.41 Å². The van der Waals surface area contributed by atoms with E-state index in [4.69, 9.17) is 11.1 Å². The molecule has 1 fully saturated rings. The van der Waals surface area contributed by atoms with Gasteiger partial charge in [-0.25, -0.2) is 9.97 Å². The first-order valence-corrected chi connectivity index (χ1v) is 8.35. The molecule has 1 aromatic carbocycles. The van der Waals surface area contributed by atoms with Gasteiger partial charge in [-0.15, -0.1) is 0 Å². The molecule has 6 nitrogen and oxygen atoms in total. The molecule has 1 saturated carbocycles. The molecule has 0 amide bonds. The van der Waals surface area contributed by atoms with Crippen LogP contribution in [-0.4, -0.2) is 28.8 Å². The predicted molar refractivity (Wildman–Crippen MR) is 102 cm³/mol. The minimum atomic E-state index is 0.120. The molecule has 0 aliphatic heterocycles. The van der Waals surface area contributed by atoms with Crippen LogP contribution in [0.25, 0.3) is 0 Å². The Kier molecular flexibility index (Phi) is 4.85. The first-order valence-electron chi connectivity index (χ1n) is 8.35. The van der Waals surface area contributed by atoms with E-state index in [1.54, 1.807) is 0 Å². The van der Waals surface area contributed by atoms with Gasteiger partial charge in [0.25, 0.3) is 0 Å². The van der Waals surface area contributed by atoms with Gasteiger partial charge in [-0.2, -0.15) is 0 Å². The largest absolute Gasteiger partial charge is 0.388 e. The third-order valence-electron chi connectivity index (χ3n) is 4.42. The van der Waals surface area contributed by atoms with Crippen molar-refractivity contribution in [3.8, 4) is 11.8 Å². The molecule has 6 heteroatoms. The highest BCUT2D eigenvalue weighted by Crippen LogP contribution is 2.25. The number of nitrogen functional groups attached to an aromatic ring is 1. The van der Waals surface area contributed by atoms with E-state index in [1.165, 1.54) is 12.7 Å². The molecule has 25 heavy (non-hydrogen) atoms. The lowest BCUT2D eigenvalue weighted by molar-refractivity contribution is 0.444. The summed E-state index contributed by atoms with van der Waals surface area (Å²) in [6, 6.07) is 6.36. The Morgan fingerprint density at radius 2 is 2.12 bits per heavy atom. The van der Waals surface area contributed by atoms with E-state index in [9.17, 15) is 0 Å². The molecular weight excluding hydrogens is 312 g/mol. The van der Waals surface area contributed by atoms with Crippen LogP contribution in [0.1, 0.15) is 36.0 Å². The van der Waals surface area contributed by atoms with Crippen LogP contribution in [0.5, 0.6) is 0 Å². The predicted octanol–water partition coefficient (Wildman–Crippen LogP) is 2.79. The maximum absolute atomic E-state index is 8.36. The molecule has 3 rings (SSSR count). The van der Waals surface area contributed by atoms with Crippen molar-refractivity contribution < 1.29 is 0 Å². The molecular formula is C19H22N6. The van der Waals surface area contributed by atoms with E-state index in [-0.39, 0.29) is 11.5 Å². The lowest BCUT2D eigenvalue weighted by atomic mass is 9.93. The Labute approximate surface area is 147 Å². The lowest BCUT2D eigenvalue weighted by Gasteiger charge is -2.27. The summed E-state index contributed by atoms with van der Waals surface area (Å²) in [7, 11) is 1.87. The maximum Gasteiger partial charge on any atom is 0.141 e. The maximum atomic E-state index is 8.36. The molecule has 1 aromatic heterocycles. The summed E-state index contributed by atoms with van der Waals surface area (Å²) in [5, 5.41) is 14.8. The van der Waals surface area contributed by atoms with Gasteiger partial charge in [0, 0.05) is 24.3 Å². The number of benzene rings is 1. The van der Waals surface area contributed by atoms with Crippen LogP contribution in [0.4, 0.5) is 17.3 Å². The van der Waals surface area contributed by atoms with Crippen molar-refractivity contribution in [3.05, 3.63) is 41.2 Å². The van der Waals surface area contributed by atoms with Crippen molar-refractivity contribution >= 4 is 23.0 Å². The molecule has 0 bridgehead atoms. The number of rotatable bonds is 4. The average molecular weight is 334 g/mol. The third kappa shape index (κ3) is 3.72. The fourth-order valence-electron chi connectivity index (χ4n) is 2.61. The van der Waals surface area contributed by atoms with Crippen LogP contribution in [0.3, 0.4) is 0 Å². The molecule has 2 aromatic rings. The molecule has 0 saturated heterocycles. The van der Waals surface area contributed by atoms with Gasteiger partial charge in [0.15, 0.2) is 0 Å². The Hall–Kier alpha value is -3.07. The Bertz CT molecular complexity index is 858. The van der Waals surface area contributed by atoms with Crippen LogP contribution >= 0.6 is 0 Å². The molecule has 1 aliphatic carbocycles. The van der Waals surface area contributed by atoms with Crippen molar-refractivity contribution in [2.24, 2.45) is 0 Å². The van der Waals surface area contributed by atoms with Gasteiger partial charge in [-0.3, -0.25) is 5.41 Å². The van der Waals surface area contributed by atoms with Crippen molar-refractivity contribution in [2.45, 2.75) is 32.2 Å². The van der Waals surface area contributed by atoms with E-state index < -0.39 is 0 Å². The molecule has 5 N–H and O–H groups in total. The fraction of sp³-hybridized carbons (Fsp3) is 0.316. The highest BCUT2D eigenvalue weighted by Gasteiger charge is 2.21. The van der Waals surface area contributed by atoms with Crippen LogP contribution in [-0.2, 0) is 0 Å². The summed E-state index contributed by atoms with van der Waals surface area (Å²) in [4.78, 5) is 8.28. The molecule has 1 heterocycles. The monoisotopic (exact) mass is 334 g/mol. The number of aromatic nitrogens is 2. The van der Waals surface area contributed by atoms with E-state index in [1.807, 2.05) is 32.2 Å².